The van der Waals surface area contributed by atoms with E-state index in [9.17, 15) is 93.7 Å². The summed E-state index contributed by atoms with van der Waals surface area (Å²) in [6, 6.07) is 5.22. The molecule has 666 valence electrons. The van der Waals surface area contributed by atoms with E-state index in [0.29, 0.717) is 12.8 Å². The van der Waals surface area contributed by atoms with Gasteiger partial charge in [0, 0.05) is 13.3 Å². The second kappa shape index (κ2) is 54.7. The third kappa shape index (κ3) is 33.6. The third-order valence-electron chi connectivity index (χ3n) is 22.1. The van der Waals surface area contributed by atoms with Gasteiger partial charge in [0.2, 0.25) is 11.8 Å². The van der Waals surface area contributed by atoms with Crippen molar-refractivity contribution < 1.29 is 150 Å². The van der Waals surface area contributed by atoms with Crippen LogP contribution in [0.3, 0.4) is 0 Å². The van der Waals surface area contributed by atoms with Gasteiger partial charge in [0.15, 0.2) is 31.5 Å². The first-order valence-corrected chi connectivity index (χ1v) is 43.9. The van der Waals surface area contributed by atoms with Crippen molar-refractivity contribution in [1.29, 1.82) is 0 Å². The highest BCUT2D eigenvalue weighted by Crippen LogP contribution is 2.38. The van der Waals surface area contributed by atoms with Gasteiger partial charge in [0.1, 0.15) is 122 Å². The fraction of sp³-hybridized carbons (Fsp3) is 0.864. The normalized spacial score (nSPS) is 32.6. The zero-order valence-corrected chi connectivity index (χ0v) is 68.6. The lowest BCUT2D eigenvalue weighted by Gasteiger charge is -2.51. The van der Waals surface area contributed by atoms with Crippen LogP contribution in [0.4, 0.5) is 0 Å². The Morgan fingerprint density at radius 2 is 0.861 bits per heavy atom. The molecule has 5 heterocycles. The molecule has 6 rings (SSSR count). The minimum atomic E-state index is -5.46. The average molecular weight is 1670 g/mol. The summed E-state index contributed by atoms with van der Waals surface area (Å²) in [5.41, 5.74) is 0.231. The summed E-state index contributed by atoms with van der Waals surface area (Å²) in [6.45, 7) is 1.94. The van der Waals surface area contributed by atoms with Crippen LogP contribution in [0.25, 0.3) is 0 Å². The third-order valence-corrected chi connectivity index (χ3v) is 22.6. The van der Waals surface area contributed by atoms with Gasteiger partial charge in [-0.15, -0.1) is 0 Å². The molecule has 5 fully saturated rings. The molecule has 0 saturated carbocycles. The van der Waals surface area contributed by atoms with Crippen LogP contribution in [0.15, 0.2) is 42.5 Å². The highest BCUT2D eigenvalue weighted by molar-refractivity contribution is 7.80. The molecule has 27 unspecified atom stereocenters. The summed E-state index contributed by atoms with van der Waals surface area (Å²) in [5.74, 6) is -2.00. The molecule has 27 atom stereocenters. The number of nitrogens with one attached hydrogen (secondary N) is 2. The maximum atomic E-state index is 14.1. The van der Waals surface area contributed by atoms with E-state index in [4.69, 9.17) is 52.1 Å². The van der Waals surface area contributed by atoms with Crippen LogP contribution in [0.5, 0.6) is 0 Å². The van der Waals surface area contributed by atoms with Gasteiger partial charge in [-0.1, -0.05) is 231 Å². The molecule has 0 aliphatic carbocycles. The zero-order chi connectivity index (χ0) is 83.8. The Hall–Kier alpha value is -3.68. The van der Waals surface area contributed by atoms with Gasteiger partial charge >= 0.3 is 16.4 Å². The number of aliphatic hydroxyl groups is 13. The maximum absolute atomic E-state index is 14.1. The first-order chi connectivity index (χ1) is 55.3. The summed E-state index contributed by atoms with van der Waals surface area (Å²) in [6.07, 6.45) is -6.80. The fourth-order valence-electron chi connectivity index (χ4n) is 15.3. The molecule has 2 amide bonds. The van der Waals surface area contributed by atoms with Crippen molar-refractivity contribution >= 4 is 28.2 Å². The molecule has 5 aliphatic rings. The monoisotopic (exact) mass is 1670 g/mol. The van der Waals surface area contributed by atoms with Gasteiger partial charge in [0.25, 0.3) is 0 Å². The van der Waals surface area contributed by atoms with E-state index in [-0.39, 0.29) is 17.9 Å². The Kier molecular flexibility index (Phi) is 47.6. The molecule has 0 aromatic heterocycles. The summed E-state index contributed by atoms with van der Waals surface area (Å²) in [5, 5.41) is 151. The Morgan fingerprint density at radius 1 is 0.452 bits per heavy atom. The van der Waals surface area contributed by atoms with E-state index in [1.165, 1.54) is 148 Å². The quantitative estimate of drug-likeness (QED) is 0.0182. The number of esters is 1. The van der Waals surface area contributed by atoms with E-state index in [2.05, 4.69) is 28.7 Å². The number of ether oxygens (including phenoxy) is 11. The Morgan fingerprint density at radius 3 is 1.35 bits per heavy atom. The van der Waals surface area contributed by atoms with E-state index >= 15 is 0 Å². The number of rotatable bonds is 57. The number of unbranched alkanes of at least 4 members (excludes halogenated alkanes) is 31. The SMILES string of the molecule is CCCCCCCCCCCCC/C=C/C(OC(=O)c1ccccc1)C(COC1OC(CO)C(OC2OC(CO)C(O)C(OC3OC(CO)C(OC4OC(CO)C(O)C(OS(=O)(=O)O)C4O)C(OC4OC(C)C(O)C(O)C4O)C3NC(C)=O)C2O)C(O)C1O)NC(=O)CCCCCCCCCCCCCCCCCCCCCCC. The highest BCUT2D eigenvalue weighted by Gasteiger charge is 2.59. The van der Waals surface area contributed by atoms with Crippen LogP contribution in [0, 0.1) is 0 Å². The molecule has 5 aliphatic heterocycles. The lowest BCUT2D eigenvalue weighted by molar-refractivity contribution is -0.391. The van der Waals surface area contributed by atoms with Crippen molar-refractivity contribution in [3.05, 3.63) is 48.0 Å². The van der Waals surface area contributed by atoms with Crippen molar-refractivity contribution in [2.75, 3.05) is 33.0 Å². The first kappa shape index (κ1) is 100. The zero-order valence-electron chi connectivity index (χ0n) is 67.8. The second-order valence-corrected chi connectivity index (χ2v) is 32.5. The number of carbonyl (C=O) groups excluding carboxylic acids is 3. The minimum Gasteiger partial charge on any atom is -0.452 e. The lowest BCUT2D eigenvalue weighted by atomic mass is 9.93. The topological polar surface area (TPSA) is 503 Å². The summed E-state index contributed by atoms with van der Waals surface area (Å²) in [7, 11) is -5.46. The molecule has 0 radical (unpaired) electrons. The summed E-state index contributed by atoms with van der Waals surface area (Å²) < 4.78 is 104. The average Bonchev–Trinajstić information content (AvgIpc) is 0.751. The number of hydrogen-bond acceptors (Lipinski definition) is 30. The standard InChI is InChI=1S/C81H140N2O31S/c1-5-7-9-11-13-15-17-19-20-21-22-23-24-25-26-28-30-32-34-36-41-45-60(89)83-54(55(105-76(99)53-42-38-37-39-43-53)44-40-35-33-31-29-27-18-16-14-12-10-8-6-2)50-103-78-68(96)66(94)71(58(48-86)109-78)110-80-69(97)74(63(91)56(46-84)106-80)113-77-61(82-52(4)88)73(112-79-67(95)65(93)62(90)51(3)104-79)72(59(49-87)108-77)111-81-70(98)75(114-115(100,101)102)64(92)57(47-85)107-81/h37-40,42-44,51,54-59,61-75,77-81,84-87,90-98H,5-36,41,45-50H2,1-4H3,(H,82,88)(H,83,89)(H,100,101,102)/b44-40+. The van der Waals surface area contributed by atoms with Crippen LogP contribution in [-0.2, 0) is 76.3 Å². The molecule has 1 aromatic carbocycles. The predicted molar refractivity (Wildman–Crippen MR) is 416 cm³/mol. The van der Waals surface area contributed by atoms with Gasteiger partial charge in [-0.25, -0.2) is 8.98 Å². The molecule has 5 saturated heterocycles. The van der Waals surface area contributed by atoms with Gasteiger partial charge in [-0.05, 0) is 44.4 Å². The largest absolute Gasteiger partial charge is 0.452 e. The van der Waals surface area contributed by atoms with Crippen molar-refractivity contribution in [1.82, 2.24) is 10.6 Å². The predicted octanol–water partition coefficient (Wildman–Crippen LogP) is 4.67. The molecule has 0 spiro atoms. The van der Waals surface area contributed by atoms with Gasteiger partial charge in [-0.2, -0.15) is 8.42 Å². The number of allylic oxidation sites excluding steroid dienone is 1. The highest BCUT2D eigenvalue weighted by atomic mass is 32.3. The summed E-state index contributed by atoms with van der Waals surface area (Å²) in [4.78, 5) is 41.3. The number of hydrogen-bond donors (Lipinski definition) is 16. The molecule has 0 bridgehead atoms. The fourth-order valence-corrected chi connectivity index (χ4v) is 15.8. The van der Waals surface area contributed by atoms with Gasteiger partial charge in [0.05, 0.1) is 50.7 Å². The summed E-state index contributed by atoms with van der Waals surface area (Å²) >= 11 is 0. The Bertz CT molecular complexity index is 2940. The molecule has 1 aromatic rings. The van der Waals surface area contributed by atoms with Crippen LogP contribution < -0.4 is 10.6 Å². The number of aliphatic hydroxyl groups excluding tert-OH is 13. The van der Waals surface area contributed by atoms with E-state index in [0.717, 1.165) is 64.7 Å². The first-order valence-electron chi connectivity index (χ1n) is 42.5. The van der Waals surface area contributed by atoms with Crippen molar-refractivity contribution in [3.63, 3.8) is 0 Å². The van der Waals surface area contributed by atoms with Crippen LogP contribution in [0.1, 0.15) is 256 Å². The van der Waals surface area contributed by atoms with E-state index in [1.807, 2.05) is 6.08 Å². The van der Waals surface area contributed by atoms with Crippen LogP contribution in [-0.4, -0.2) is 296 Å². The Balaban J connectivity index is 1.16. The Labute approximate surface area is 678 Å². The van der Waals surface area contributed by atoms with Crippen LogP contribution in [0.2, 0.25) is 0 Å². The number of benzene rings is 1. The van der Waals surface area contributed by atoms with Crippen molar-refractivity contribution in [2.45, 2.75) is 412 Å². The molecular formula is C81H140N2O31S. The van der Waals surface area contributed by atoms with Gasteiger partial charge < -0.3 is 129 Å². The smallest absolute Gasteiger partial charge is 0.397 e. The molecular weight excluding hydrogens is 1530 g/mol. The maximum Gasteiger partial charge on any atom is 0.397 e. The van der Waals surface area contributed by atoms with E-state index in [1.54, 1.807) is 36.4 Å². The lowest BCUT2D eigenvalue weighted by Crippen LogP contribution is -2.71. The number of amides is 2. The van der Waals surface area contributed by atoms with Crippen molar-refractivity contribution in [3.8, 4) is 0 Å². The van der Waals surface area contributed by atoms with Gasteiger partial charge in [-0.3, -0.25) is 14.1 Å². The van der Waals surface area contributed by atoms with Crippen molar-refractivity contribution in [2.24, 2.45) is 0 Å². The molecule has 33 nitrogen and oxygen atoms in total. The second-order valence-electron chi connectivity index (χ2n) is 31.5. The molecule has 115 heavy (non-hydrogen) atoms. The minimum absolute atomic E-state index is 0.125. The van der Waals surface area contributed by atoms with E-state index < -0.39 is 221 Å². The van der Waals surface area contributed by atoms with Crippen LogP contribution >= 0.6 is 0 Å². The number of carbonyl (C=O) groups is 3. The molecule has 34 heteroatoms. The molecule has 16 N–H and O–H groups in total.